The SMILES string of the molecule is COC(=O)/C=C/c1c(C#CCCCCOC2CCCCO2)cccc1OCCCCCC(=O)O. The summed E-state index contributed by atoms with van der Waals surface area (Å²) in [5.74, 6) is 5.79. The Hall–Kier alpha value is -2.82. The molecule has 0 spiro atoms. The molecule has 0 radical (unpaired) electrons. The van der Waals surface area contributed by atoms with Crippen molar-refractivity contribution < 1.29 is 33.6 Å². The Morgan fingerprint density at radius 3 is 2.76 bits per heavy atom. The number of carbonyl (C=O) groups excluding carboxylic acids is 1. The van der Waals surface area contributed by atoms with Crippen LogP contribution in [-0.2, 0) is 23.8 Å². The molecule has 1 atom stereocenters. The molecule has 7 heteroatoms. The van der Waals surface area contributed by atoms with Gasteiger partial charge in [-0.25, -0.2) is 4.79 Å². The molecular formula is C27H36O7. The molecule has 186 valence electrons. The van der Waals surface area contributed by atoms with Gasteiger partial charge < -0.3 is 24.1 Å². The van der Waals surface area contributed by atoms with Crippen LogP contribution in [0.1, 0.15) is 75.3 Å². The van der Waals surface area contributed by atoms with E-state index in [2.05, 4.69) is 11.8 Å². The lowest BCUT2D eigenvalue weighted by Crippen LogP contribution is -2.22. The Morgan fingerprint density at radius 2 is 2.00 bits per heavy atom. The summed E-state index contributed by atoms with van der Waals surface area (Å²) < 4.78 is 21.9. The highest BCUT2D eigenvalue weighted by molar-refractivity contribution is 5.88. The largest absolute Gasteiger partial charge is 0.493 e. The molecule has 1 heterocycles. The quantitative estimate of drug-likeness (QED) is 0.177. The third kappa shape index (κ3) is 11.4. The second-order valence-corrected chi connectivity index (χ2v) is 8.05. The fourth-order valence-corrected chi connectivity index (χ4v) is 3.44. The van der Waals surface area contributed by atoms with Gasteiger partial charge in [0.15, 0.2) is 6.29 Å². The summed E-state index contributed by atoms with van der Waals surface area (Å²) in [5.41, 5.74) is 1.50. The number of hydrogen-bond acceptors (Lipinski definition) is 6. The van der Waals surface area contributed by atoms with Crippen LogP contribution in [0.2, 0.25) is 0 Å². The van der Waals surface area contributed by atoms with E-state index in [-0.39, 0.29) is 12.7 Å². The fourth-order valence-electron chi connectivity index (χ4n) is 3.44. The summed E-state index contributed by atoms with van der Waals surface area (Å²) in [6.45, 7) is 1.92. The number of benzene rings is 1. The predicted octanol–water partition coefficient (Wildman–Crippen LogP) is 4.96. The molecule has 2 rings (SSSR count). The van der Waals surface area contributed by atoms with Crippen molar-refractivity contribution in [1.29, 1.82) is 0 Å². The van der Waals surface area contributed by atoms with Gasteiger partial charge in [-0.2, -0.15) is 0 Å². The van der Waals surface area contributed by atoms with Crippen molar-refractivity contribution in [1.82, 2.24) is 0 Å². The molecule has 0 aromatic heterocycles. The van der Waals surface area contributed by atoms with Crippen LogP contribution in [0.15, 0.2) is 24.3 Å². The molecular weight excluding hydrogens is 436 g/mol. The van der Waals surface area contributed by atoms with E-state index in [1.54, 1.807) is 6.08 Å². The second kappa shape index (κ2) is 16.7. The minimum Gasteiger partial charge on any atom is -0.493 e. The number of carbonyl (C=O) groups is 2. The number of rotatable bonds is 14. The maximum absolute atomic E-state index is 11.6. The first-order valence-corrected chi connectivity index (χ1v) is 12.1. The van der Waals surface area contributed by atoms with Crippen LogP contribution in [0.4, 0.5) is 0 Å². The number of carboxylic acid groups (broad SMARTS) is 1. The summed E-state index contributed by atoms with van der Waals surface area (Å²) in [5, 5.41) is 8.72. The third-order valence-electron chi connectivity index (χ3n) is 5.31. The first kappa shape index (κ1) is 27.4. The molecule has 1 unspecified atom stereocenters. The summed E-state index contributed by atoms with van der Waals surface area (Å²) in [6, 6.07) is 5.61. The van der Waals surface area contributed by atoms with Gasteiger partial charge >= 0.3 is 11.9 Å². The lowest BCUT2D eigenvalue weighted by molar-refractivity contribution is -0.162. The van der Waals surface area contributed by atoms with Crippen molar-refractivity contribution in [3.63, 3.8) is 0 Å². The molecule has 1 saturated heterocycles. The van der Waals surface area contributed by atoms with Crippen LogP contribution in [0.3, 0.4) is 0 Å². The maximum atomic E-state index is 11.6. The number of methoxy groups -OCH3 is 1. The van der Waals surface area contributed by atoms with Crippen molar-refractivity contribution in [2.24, 2.45) is 0 Å². The molecule has 1 aromatic rings. The topological polar surface area (TPSA) is 91.3 Å². The van der Waals surface area contributed by atoms with E-state index in [9.17, 15) is 9.59 Å². The van der Waals surface area contributed by atoms with Gasteiger partial charge in [-0.3, -0.25) is 4.79 Å². The van der Waals surface area contributed by atoms with E-state index in [0.29, 0.717) is 25.4 Å². The molecule has 0 saturated carbocycles. The third-order valence-corrected chi connectivity index (χ3v) is 5.31. The van der Waals surface area contributed by atoms with Gasteiger partial charge in [0.25, 0.3) is 0 Å². The lowest BCUT2D eigenvalue weighted by atomic mass is 10.1. The van der Waals surface area contributed by atoms with Crippen LogP contribution < -0.4 is 4.74 Å². The lowest BCUT2D eigenvalue weighted by Gasteiger charge is -2.22. The smallest absolute Gasteiger partial charge is 0.330 e. The first-order chi connectivity index (χ1) is 16.6. The Labute approximate surface area is 202 Å². The molecule has 7 nitrogen and oxygen atoms in total. The second-order valence-electron chi connectivity index (χ2n) is 8.05. The van der Waals surface area contributed by atoms with Gasteiger partial charge in [0.2, 0.25) is 0 Å². The van der Waals surface area contributed by atoms with Crippen LogP contribution in [0.5, 0.6) is 5.75 Å². The summed E-state index contributed by atoms with van der Waals surface area (Å²) in [6.07, 6.45) is 11.1. The van der Waals surface area contributed by atoms with E-state index >= 15 is 0 Å². The zero-order chi connectivity index (χ0) is 24.4. The average Bonchev–Trinajstić information content (AvgIpc) is 2.85. The zero-order valence-corrected chi connectivity index (χ0v) is 20.1. The number of esters is 1. The van der Waals surface area contributed by atoms with Crippen LogP contribution >= 0.6 is 0 Å². The molecule has 1 aliphatic heterocycles. The highest BCUT2D eigenvalue weighted by Crippen LogP contribution is 2.24. The molecule has 34 heavy (non-hydrogen) atoms. The molecule has 0 aliphatic carbocycles. The van der Waals surface area contributed by atoms with Crippen molar-refractivity contribution in [2.75, 3.05) is 26.9 Å². The van der Waals surface area contributed by atoms with Crippen molar-refractivity contribution in [2.45, 2.75) is 70.5 Å². The first-order valence-electron chi connectivity index (χ1n) is 12.1. The van der Waals surface area contributed by atoms with E-state index in [1.807, 2.05) is 18.2 Å². The Balaban J connectivity index is 1.88. The molecule has 1 N–H and O–H groups in total. The minimum absolute atomic E-state index is 0.0519. The van der Waals surface area contributed by atoms with Crippen LogP contribution in [0.25, 0.3) is 6.08 Å². The van der Waals surface area contributed by atoms with Gasteiger partial charge in [-0.15, -0.1) is 0 Å². The van der Waals surface area contributed by atoms with E-state index in [0.717, 1.165) is 69.1 Å². The fraction of sp³-hybridized carbons (Fsp3) is 0.556. The maximum Gasteiger partial charge on any atom is 0.330 e. The number of carboxylic acids is 1. The summed E-state index contributed by atoms with van der Waals surface area (Å²) in [4.78, 5) is 22.2. The van der Waals surface area contributed by atoms with Gasteiger partial charge in [-0.1, -0.05) is 17.9 Å². The molecule has 0 bridgehead atoms. The summed E-state index contributed by atoms with van der Waals surface area (Å²) >= 11 is 0. The molecule has 1 fully saturated rings. The molecule has 0 amide bonds. The number of ether oxygens (including phenoxy) is 4. The van der Waals surface area contributed by atoms with E-state index in [4.69, 9.17) is 24.1 Å². The Kier molecular flexibility index (Phi) is 13.5. The van der Waals surface area contributed by atoms with Gasteiger partial charge in [0.1, 0.15) is 5.75 Å². The Bertz CT molecular complexity index is 844. The van der Waals surface area contributed by atoms with Gasteiger partial charge in [0, 0.05) is 43.3 Å². The minimum atomic E-state index is -0.784. The van der Waals surface area contributed by atoms with Crippen LogP contribution in [-0.4, -0.2) is 50.3 Å². The van der Waals surface area contributed by atoms with Crippen molar-refractivity contribution in [3.05, 3.63) is 35.4 Å². The highest BCUT2D eigenvalue weighted by Gasteiger charge is 2.13. The van der Waals surface area contributed by atoms with E-state index < -0.39 is 11.9 Å². The van der Waals surface area contributed by atoms with Gasteiger partial charge in [0.05, 0.1) is 13.7 Å². The van der Waals surface area contributed by atoms with Gasteiger partial charge in [-0.05, 0) is 69.6 Å². The summed E-state index contributed by atoms with van der Waals surface area (Å²) in [7, 11) is 1.33. The van der Waals surface area contributed by atoms with Crippen LogP contribution in [0, 0.1) is 11.8 Å². The normalized spacial score (nSPS) is 15.5. The molecule has 1 aliphatic rings. The number of unbranched alkanes of at least 4 members (excludes halogenated alkanes) is 4. The predicted molar refractivity (Wildman–Crippen MR) is 129 cm³/mol. The average molecular weight is 473 g/mol. The zero-order valence-electron chi connectivity index (χ0n) is 20.1. The standard InChI is InChI=1S/C27H36O7/c1-31-26(30)18-17-23-22(12-5-2-3-8-20-33-27-16-7-10-21-34-27)13-11-14-24(23)32-19-9-4-6-15-25(28)29/h11,13-14,17-18,27H,2-4,6-10,15-16,19-21H2,1H3,(H,28,29)/b18-17+. The van der Waals surface area contributed by atoms with Crippen molar-refractivity contribution in [3.8, 4) is 17.6 Å². The number of hydrogen-bond donors (Lipinski definition) is 1. The van der Waals surface area contributed by atoms with E-state index in [1.165, 1.54) is 13.2 Å². The monoisotopic (exact) mass is 472 g/mol. The Morgan fingerprint density at radius 1 is 1.15 bits per heavy atom. The highest BCUT2D eigenvalue weighted by atomic mass is 16.7. The number of aliphatic carboxylic acids is 1. The molecule has 1 aromatic carbocycles. The van der Waals surface area contributed by atoms with Crippen molar-refractivity contribution >= 4 is 18.0 Å².